The van der Waals surface area contributed by atoms with Crippen LogP contribution in [-0.4, -0.2) is 15.6 Å². The van der Waals surface area contributed by atoms with E-state index < -0.39 is 0 Å². The van der Waals surface area contributed by atoms with Crippen molar-refractivity contribution in [2.45, 2.75) is 19.5 Å². The number of carbonyl (C=O) groups excluding carboxylic acids is 1. The summed E-state index contributed by atoms with van der Waals surface area (Å²) in [7, 11) is 1.88. The lowest BCUT2D eigenvalue weighted by Crippen LogP contribution is -2.29. The van der Waals surface area contributed by atoms with Crippen LogP contribution in [0, 0.1) is 0 Å². The topological polar surface area (TPSA) is 85.0 Å². The first kappa shape index (κ1) is 14.1. The van der Waals surface area contributed by atoms with E-state index in [1.807, 2.05) is 49.0 Å². The van der Waals surface area contributed by atoms with Crippen LogP contribution in [0.1, 0.15) is 24.4 Å². The highest BCUT2D eigenvalue weighted by Gasteiger charge is 2.05. The molecule has 106 valence electrons. The average molecular weight is 273 g/mol. The zero-order chi connectivity index (χ0) is 14.5. The highest BCUT2D eigenvalue weighted by atomic mass is 16.2. The van der Waals surface area contributed by atoms with Crippen LogP contribution in [0.2, 0.25) is 0 Å². The molecule has 1 aromatic carbocycles. The van der Waals surface area contributed by atoms with Crippen molar-refractivity contribution in [3.05, 3.63) is 48.0 Å². The molecule has 1 aromatic heterocycles. The number of aryl methyl sites for hydroxylation is 1. The number of nitrogens with zero attached hydrogens (tertiary/aromatic N) is 2. The second-order valence-electron chi connectivity index (χ2n) is 4.68. The molecule has 0 aliphatic rings. The highest BCUT2D eigenvalue weighted by molar-refractivity contribution is 5.89. The van der Waals surface area contributed by atoms with E-state index in [-0.39, 0.29) is 12.1 Å². The Bertz CT molecular complexity index is 591. The molecule has 6 nitrogen and oxygen atoms in total. The fourth-order valence-electron chi connectivity index (χ4n) is 1.80. The van der Waals surface area contributed by atoms with Gasteiger partial charge in [0, 0.05) is 31.2 Å². The molecule has 2 amide bonds. The van der Waals surface area contributed by atoms with E-state index in [9.17, 15) is 4.79 Å². The van der Waals surface area contributed by atoms with Gasteiger partial charge in [-0.05, 0) is 24.6 Å². The largest absolute Gasteiger partial charge is 0.337 e. The molecule has 0 spiro atoms. The minimum Gasteiger partial charge on any atom is -0.337 e. The summed E-state index contributed by atoms with van der Waals surface area (Å²) < 4.78 is 1.86. The molecular formula is C14H19N5O. The highest BCUT2D eigenvalue weighted by Crippen LogP contribution is 2.15. The number of hydrogen-bond acceptors (Lipinski definition) is 3. The Morgan fingerprint density at radius 1 is 1.50 bits per heavy atom. The van der Waals surface area contributed by atoms with Crippen LogP contribution in [0.15, 0.2) is 36.7 Å². The quantitative estimate of drug-likeness (QED) is 0.793. The maximum Gasteiger partial charge on any atom is 0.319 e. The first-order chi connectivity index (χ1) is 9.56. The van der Waals surface area contributed by atoms with Gasteiger partial charge in [-0.1, -0.05) is 12.1 Å². The maximum atomic E-state index is 11.8. The summed E-state index contributed by atoms with van der Waals surface area (Å²) in [4.78, 5) is 15.9. The summed E-state index contributed by atoms with van der Waals surface area (Å²) in [5.41, 5.74) is 7.51. The van der Waals surface area contributed by atoms with E-state index in [4.69, 9.17) is 5.73 Å². The van der Waals surface area contributed by atoms with Crippen molar-refractivity contribution in [2.24, 2.45) is 12.8 Å². The summed E-state index contributed by atoms with van der Waals surface area (Å²) in [6.45, 7) is 2.28. The molecule has 0 saturated heterocycles. The van der Waals surface area contributed by atoms with Gasteiger partial charge in [-0.25, -0.2) is 9.78 Å². The predicted molar refractivity (Wildman–Crippen MR) is 78.1 cm³/mol. The molecule has 0 fully saturated rings. The van der Waals surface area contributed by atoms with Gasteiger partial charge >= 0.3 is 6.03 Å². The third kappa shape index (κ3) is 3.58. The van der Waals surface area contributed by atoms with Gasteiger partial charge < -0.3 is 20.9 Å². The Morgan fingerprint density at radius 2 is 2.30 bits per heavy atom. The van der Waals surface area contributed by atoms with E-state index in [1.54, 1.807) is 6.20 Å². The van der Waals surface area contributed by atoms with Gasteiger partial charge in [0.2, 0.25) is 0 Å². The van der Waals surface area contributed by atoms with Gasteiger partial charge in [0.05, 0.1) is 6.54 Å². The Balaban J connectivity index is 1.91. The smallest absolute Gasteiger partial charge is 0.319 e. The van der Waals surface area contributed by atoms with Crippen molar-refractivity contribution < 1.29 is 4.79 Å². The van der Waals surface area contributed by atoms with Crippen LogP contribution in [-0.2, 0) is 13.6 Å². The van der Waals surface area contributed by atoms with E-state index in [2.05, 4.69) is 15.6 Å². The standard InChI is InChI=1S/C14H19N5O/c1-10(15)11-4-3-5-12(8-11)18-14(20)17-9-13-16-6-7-19(13)2/h3-8,10H,9,15H2,1-2H3,(H2,17,18,20). The second kappa shape index (κ2) is 6.21. The molecule has 1 heterocycles. The zero-order valence-electron chi connectivity index (χ0n) is 11.6. The van der Waals surface area contributed by atoms with Crippen LogP contribution < -0.4 is 16.4 Å². The van der Waals surface area contributed by atoms with Crippen molar-refractivity contribution in [2.75, 3.05) is 5.32 Å². The number of carbonyl (C=O) groups is 1. The number of rotatable bonds is 4. The molecule has 2 aromatic rings. The predicted octanol–water partition coefficient (Wildman–Crippen LogP) is 1.76. The number of aromatic nitrogens is 2. The molecule has 0 radical (unpaired) electrons. The van der Waals surface area contributed by atoms with E-state index in [0.29, 0.717) is 6.54 Å². The minimum atomic E-state index is -0.269. The summed E-state index contributed by atoms with van der Waals surface area (Å²) in [5.74, 6) is 0.796. The molecular weight excluding hydrogens is 254 g/mol. The fourth-order valence-corrected chi connectivity index (χ4v) is 1.80. The van der Waals surface area contributed by atoms with Crippen LogP contribution in [0.5, 0.6) is 0 Å². The third-order valence-corrected chi connectivity index (χ3v) is 3.00. The van der Waals surface area contributed by atoms with E-state index >= 15 is 0 Å². The molecule has 1 unspecified atom stereocenters. The molecule has 1 atom stereocenters. The minimum absolute atomic E-state index is 0.0626. The van der Waals surface area contributed by atoms with Crippen molar-refractivity contribution in [3.8, 4) is 0 Å². The van der Waals surface area contributed by atoms with Crippen molar-refractivity contribution in [3.63, 3.8) is 0 Å². The van der Waals surface area contributed by atoms with Gasteiger partial charge in [0.15, 0.2) is 0 Å². The lowest BCUT2D eigenvalue weighted by atomic mass is 10.1. The summed E-state index contributed by atoms with van der Waals surface area (Å²) in [5, 5.41) is 5.53. The van der Waals surface area contributed by atoms with Crippen molar-refractivity contribution >= 4 is 11.7 Å². The lowest BCUT2D eigenvalue weighted by Gasteiger charge is -2.10. The summed E-state index contributed by atoms with van der Waals surface area (Å²) >= 11 is 0. The van der Waals surface area contributed by atoms with Crippen LogP contribution in [0.25, 0.3) is 0 Å². The Labute approximate surface area is 118 Å². The SMILES string of the molecule is CC(N)c1cccc(NC(=O)NCc2nccn2C)c1. The monoisotopic (exact) mass is 273 g/mol. The van der Waals surface area contributed by atoms with Crippen LogP contribution >= 0.6 is 0 Å². The zero-order valence-corrected chi connectivity index (χ0v) is 11.6. The van der Waals surface area contributed by atoms with Gasteiger partial charge in [-0.2, -0.15) is 0 Å². The third-order valence-electron chi connectivity index (χ3n) is 3.00. The molecule has 0 saturated carbocycles. The van der Waals surface area contributed by atoms with E-state index in [0.717, 1.165) is 17.1 Å². The molecule has 20 heavy (non-hydrogen) atoms. The average Bonchev–Trinajstić information content (AvgIpc) is 2.82. The Hall–Kier alpha value is -2.34. The number of nitrogens with one attached hydrogen (secondary N) is 2. The first-order valence-corrected chi connectivity index (χ1v) is 6.43. The van der Waals surface area contributed by atoms with Crippen molar-refractivity contribution in [1.82, 2.24) is 14.9 Å². The second-order valence-corrected chi connectivity index (χ2v) is 4.68. The summed E-state index contributed by atoms with van der Waals surface area (Å²) in [6.07, 6.45) is 3.53. The Kier molecular flexibility index (Phi) is 4.37. The number of amides is 2. The number of hydrogen-bond donors (Lipinski definition) is 3. The molecule has 0 aliphatic carbocycles. The molecule has 0 bridgehead atoms. The number of urea groups is 1. The van der Waals surface area contributed by atoms with Gasteiger partial charge in [-0.3, -0.25) is 0 Å². The van der Waals surface area contributed by atoms with Gasteiger partial charge in [0.1, 0.15) is 5.82 Å². The van der Waals surface area contributed by atoms with Gasteiger partial charge in [0.25, 0.3) is 0 Å². The van der Waals surface area contributed by atoms with Crippen LogP contribution in [0.3, 0.4) is 0 Å². The van der Waals surface area contributed by atoms with Gasteiger partial charge in [-0.15, -0.1) is 0 Å². The number of benzene rings is 1. The number of nitrogens with two attached hydrogens (primary N) is 1. The number of imidazole rings is 1. The first-order valence-electron chi connectivity index (χ1n) is 6.43. The summed E-state index contributed by atoms with van der Waals surface area (Å²) in [6, 6.07) is 7.16. The van der Waals surface area contributed by atoms with E-state index in [1.165, 1.54) is 0 Å². The molecule has 6 heteroatoms. The fraction of sp³-hybridized carbons (Fsp3) is 0.286. The van der Waals surface area contributed by atoms with Crippen molar-refractivity contribution in [1.29, 1.82) is 0 Å². The normalized spacial score (nSPS) is 11.9. The Morgan fingerprint density at radius 3 is 2.95 bits per heavy atom. The molecule has 4 N–H and O–H groups in total. The molecule has 0 aliphatic heterocycles. The maximum absolute atomic E-state index is 11.8. The lowest BCUT2D eigenvalue weighted by molar-refractivity contribution is 0.251. The number of anilines is 1. The molecule has 2 rings (SSSR count). The van der Waals surface area contributed by atoms with Crippen LogP contribution in [0.4, 0.5) is 10.5 Å².